The SMILES string of the molecule is CCOC(=O)[C@H]1CCC[NH+]([C@@H]2CC(=O)N(c3ccc(Br)cc3)C2=O)C1. The number of quaternary nitrogens is 1. The molecule has 3 rings (SSSR count). The molecule has 0 aromatic heterocycles. The van der Waals surface area contributed by atoms with Gasteiger partial charge in [0.25, 0.3) is 5.91 Å². The Morgan fingerprint density at radius 1 is 1.32 bits per heavy atom. The summed E-state index contributed by atoms with van der Waals surface area (Å²) in [7, 11) is 0. The number of likely N-dealkylation sites (tertiary alicyclic amines) is 1. The number of halogens is 1. The van der Waals surface area contributed by atoms with Gasteiger partial charge in [-0.25, -0.2) is 4.90 Å². The number of ether oxygens (including phenoxy) is 1. The molecule has 7 heteroatoms. The lowest BCUT2D eigenvalue weighted by molar-refractivity contribution is -0.922. The van der Waals surface area contributed by atoms with Gasteiger partial charge in [0.15, 0.2) is 6.04 Å². The lowest BCUT2D eigenvalue weighted by Crippen LogP contribution is -3.18. The van der Waals surface area contributed by atoms with Gasteiger partial charge in [0.2, 0.25) is 5.91 Å². The fourth-order valence-electron chi connectivity index (χ4n) is 3.69. The van der Waals surface area contributed by atoms with Crippen LogP contribution in [0.1, 0.15) is 26.2 Å². The minimum atomic E-state index is -0.409. The molecule has 0 spiro atoms. The van der Waals surface area contributed by atoms with Crippen LogP contribution < -0.4 is 9.80 Å². The van der Waals surface area contributed by atoms with Crippen LogP contribution in [0.25, 0.3) is 0 Å². The quantitative estimate of drug-likeness (QED) is 0.593. The number of carbonyl (C=O) groups is 3. The van der Waals surface area contributed by atoms with E-state index in [-0.39, 0.29) is 30.1 Å². The third-order valence-electron chi connectivity index (χ3n) is 4.90. The fourth-order valence-corrected chi connectivity index (χ4v) is 3.95. The summed E-state index contributed by atoms with van der Waals surface area (Å²) in [6.45, 7) is 3.51. The first-order chi connectivity index (χ1) is 12.0. The normalized spacial score (nSPS) is 26.8. The van der Waals surface area contributed by atoms with Crippen LogP contribution in [-0.4, -0.2) is 43.5 Å². The summed E-state index contributed by atoms with van der Waals surface area (Å²) in [6, 6.07) is 6.74. The molecule has 25 heavy (non-hydrogen) atoms. The van der Waals surface area contributed by atoms with Gasteiger partial charge in [-0.1, -0.05) is 15.9 Å². The maximum absolute atomic E-state index is 12.9. The van der Waals surface area contributed by atoms with Crippen molar-refractivity contribution in [1.29, 1.82) is 0 Å². The van der Waals surface area contributed by atoms with Crippen molar-refractivity contribution in [2.75, 3.05) is 24.6 Å². The van der Waals surface area contributed by atoms with Crippen molar-refractivity contribution in [3.8, 4) is 0 Å². The van der Waals surface area contributed by atoms with Crippen LogP contribution >= 0.6 is 15.9 Å². The van der Waals surface area contributed by atoms with Crippen molar-refractivity contribution in [2.24, 2.45) is 5.92 Å². The molecular weight excluding hydrogens is 388 g/mol. The van der Waals surface area contributed by atoms with Gasteiger partial charge < -0.3 is 9.64 Å². The molecule has 3 atom stereocenters. The molecule has 2 fully saturated rings. The average molecular weight is 410 g/mol. The Kier molecular flexibility index (Phi) is 5.54. The Morgan fingerprint density at radius 2 is 2.04 bits per heavy atom. The number of benzene rings is 1. The molecule has 2 amide bonds. The highest BCUT2D eigenvalue weighted by molar-refractivity contribution is 9.10. The number of hydrogen-bond acceptors (Lipinski definition) is 4. The van der Waals surface area contributed by atoms with Crippen molar-refractivity contribution >= 4 is 39.4 Å². The van der Waals surface area contributed by atoms with E-state index in [4.69, 9.17) is 4.74 Å². The van der Waals surface area contributed by atoms with E-state index < -0.39 is 6.04 Å². The maximum Gasteiger partial charge on any atom is 0.314 e. The Bertz CT molecular complexity index is 676. The minimum Gasteiger partial charge on any atom is -0.466 e. The topological polar surface area (TPSA) is 68.1 Å². The molecular formula is C18H22BrN2O4+. The van der Waals surface area contributed by atoms with E-state index in [1.807, 2.05) is 12.1 Å². The first-order valence-corrected chi connectivity index (χ1v) is 9.44. The first kappa shape index (κ1) is 18.1. The van der Waals surface area contributed by atoms with Crippen molar-refractivity contribution < 1.29 is 24.0 Å². The Morgan fingerprint density at radius 3 is 2.72 bits per heavy atom. The largest absolute Gasteiger partial charge is 0.466 e. The van der Waals surface area contributed by atoms with Gasteiger partial charge in [0.05, 0.1) is 31.8 Å². The highest BCUT2D eigenvalue weighted by Crippen LogP contribution is 2.24. The number of nitrogens with one attached hydrogen (secondary N) is 1. The van der Waals surface area contributed by atoms with E-state index in [1.54, 1.807) is 19.1 Å². The number of piperidine rings is 1. The van der Waals surface area contributed by atoms with E-state index in [0.717, 1.165) is 28.8 Å². The van der Waals surface area contributed by atoms with Crippen LogP contribution in [0, 0.1) is 5.92 Å². The van der Waals surface area contributed by atoms with Crippen LogP contribution in [0.15, 0.2) is 28.7 Å². The molecule has 134 valence electrons. The average Bonchev–Trinajstić information content (AvgIpc) is 2.91. The number of anilines is 1. The van der Waals surface area contributed by atoms with Crippen molar-refractivity contribution in [3.63, 3.8) is 0 Å². The van der Waals surface area contributed by atoms with Crippen LogP contribution in [0.5, 0.6) is 0 Å². The predicted octanol–water partition coefficient (Wildman–Crippen LogP) is 0.939. The number of esters is 1. The molecule has 2 saturated heterocycles. The molecule has 2 aliphatic heterocycles. The second kappa shape index (κ2) is 7.66. The summed E-state index contributed by atoms with van der Waals surface area (Å²) in [4.78, 5) is 39.6. The summed E-state index contributed by atoms with van der Waals surface area (Å²) < 4.78 is 6.02. The van der Waals surface area contributed by atoms with Crippen molar-refractivity contribution in [2.45, 2.75) is 32.2 Å². The molecule has 0 aliphatic carbocycles. The smallest absolute Gasteiger partial charge is 0.314 e. The summed E-state index contributed by atoms with van der Waals surface area (Å²) in [6.07, 6.45) is 1.84. The third kappa shape index (κ3) is 3.77. The van der Waals surface area contributed by atoms with Gasteiger partial charge in [-0.3, -0.25) is 14.4 Å². The fraction of sp³-hybridized carbons (Fsp3) is 0.500. The van der Waals surface area contributed by atoms with E-state index in [2.05, 4.69) is 15.9 Å². The summed E-state index contributed by atoms with van der Waals surface area (Å²) in [5, 5.41) is 0. The maximum atomic E-state index is 12.9. The molecule has 2 heterocycles. The summed E-state index contributed by atoms with van der Waals surface area (Å²) >= 11 is 3.36. The second-order valence-electron chi connectivity index (χ2n) is 6.50. The van der Waals surface area contributed by atoms with Crippen molar-refractivity contribution in [3.05, 3.63) is 28.7 Å². The molecule has 0 bridgehead atoms. The van der Waals surface area contributed by atoms with Gasteiger partial charge in [-0.05, 0) is 44.0 Å². The number of carbonyl (C=O) groups excluding carboxylic acids is 3. The molecule has 1 aromatic carbocycles. The Balaban J connectivity index is 1.73. The first-order valence-electron chi connectivity index (χ1n) is 8.64. The van der Waals surface area contributed by atoms with Crippen LogP contribution in [0.2, 0.25) is 0 Å². The molecule has 0 saturated carbocycles. The lowest BCUT2D eigenvalue weighted by Gasteiger charge is -2.31. The van der Waals surface area contributed by atoms with E-state index in [0.29, 0.717) is 18.8 Å². The van der Waals surface area contributed by atoms with E-state index in [1.165, 1.54) is 4.90 Å². The highest BCUT2D eigenvalue weighted by Gasteiger charge is 2.47. The standard InChI is InChI=1S/C18H21BrN2O4/c1-2-25-18(24)12-4-3-9-20(11-12)15-10-16(22)21(17(15)23)14-7-5-13(19)6-8-14/h5-8,12,15H,2-4,9-11H2,1H3/p+1/t12-,15+/m0/s1. The number of hydrogen-bond donors (Lipinski definition) is 1. The summed E-state index contributed by atoms with van der Waals surface area (Å²) in [5.74, 6) is -0.732. The lowest BCUT2D eigenvalue weighted by atomic mass is 9.96. The number of rotatable bonds is 4. The minimum absolute atomic E-state index is 0.174. The van der Waals surface area contributed by atoms with Crippen LogP contribution in [-0.2, 0) is 19.1 Å². The zero-order valence-corrected chi connectivity index (χ0v) is 15.8. The van der Waals surface area contributed by atoms with Gasteiger partial charge in [0.1, 0.15) is 5.92 Å². The van der Waals surface area contributed by atoms with Gasteiger partial charge in [0, 0.05) is 4.47 Å². The molecule has 0 radical (unpaired) electrons. The zero-order valence-electron chi connectivity index (χ0n) is 14.2. The predicted molar refractivity (Wildman–Crippen MR) is 95.1 cm³/mol. The third-order valence-corrected chi connectivity index (χ3v) is 5.43. The van der Waals surface area contributed by atoms with E-state index >= 15 is 0 Å². The molecule has 1 aromatic rings. The Hall–Kier alpha value is -1.73. The molecule has 2 aliphatic rings. The van der Waals surface area contributed by atoms with Crippen LogP contribution in [0.4, 0.5) is 5.69 Å². The second-order valence-corrected chi connectivity index (χ2v) is 7.42. The molecule has 1 N–H and O–H groups in total. The van der Waals surface area contributed by atoms with Crippen molar-refractivity contribution in [1.82, 2.24) is 0 Å². The monoisotopic (exact) mass is 409 g/mol. The van der Waals surface area contributed by atoms with Gasteiger partial charge in [-0.15, -0.1) is 0 Å². The van der Waals surface area contributed by atoms with Gasteiger partial charge in [-0.2, -0.15) is 0 Å². The van der Waals surface area contributed by atoms with E-state index in [9.17, 15) is 14.4 Å². The van der Waals surface area contributed by atoms with Crippen LogP contribution in [0.3, 0.4) is 0 Å². The van der Waals surface area contributed by atoms with Gasteiger partial charge >= 0.3 is 5.97 Å². The summed E-state index contributed by atoms with van der Waals surface area (Å²) in [5.41, 5.74) is 0.596. The highest BCUT2D eigenvalue weighted by atomic mass is 79.9. The number of imide groups is 1. The number of amides is 2. The molecule has 6 nitrogen and oxygen atoms in total. The Labute approximate surface area is 155 Å². The zero-order chi connectivity index (χ0) is 18.0. The molecule has 1 unspecified atom stereocenters. The number of nitrogens with zero attached hydrogens (tertiary/aromatic N) is 1.